The van der Waals surface area contributed by atoms with Crippen molar-refractivity contribution in [2.75, 3.05) is 19.8 Å². The van der Waals surface area contributed by atoms with Gasteiger partial charge in [0.1, 0.15) is 0 Å². The maximum Gasteiger partial charge on any atom is 0.0991 e. The molecule has 0 spiro atoms. The van der Waals surface area contributed by atoms with E-state index in [4.69, 9.17) is 10.00 Å². The number of aliphatic hydroxyl groups excluding tert-OH is 1. The molecule has 4 heteroatoms. The number of nitrogens with one attached hydrogen (secondary N) is 1. The molecule has 1 fully saturated rings. The van der Waals surface area contributed by atoms with Gasteiger partial charge in [-0.1, -0.05) is 26.0 Å². The van der Waals surface area contributed by atoms with Gasteiger partial charge in [0.05, 0.1) is 17.7 Å². The molecule has 1 saturated heterocycles. The average Bonchev–Trinajstić information content (AvgIpc) is 2.53. The second-order valence-electron chi connectivity index (χ2n) is 6.08. The van der Waals surface area contributed by atoms with Crippen molar-refractivity contribution in [1.82, 2.24) is 5.32 Å². The molecule has 4 nitrogen and oxygen atoms in total. The fraction of sp³-hybridized carbons (Fsp3) is 0.588. The van der Waals surface area contributed by atoms with E-state index in [1.54, 1.807) is 0 Å². The third-order valence-corrected chi connectivity index (χ3v) is 4.31. The number of rotatable bonds is 5. The molecule has 114 valence electrons. The van der Waals surface area contributed by atoms with E-state index in [1.165, 1.54) is 0 Å². The third kappa shape index (κ3) is 3.82. The van der Waals surface area contributed by atoms with E-state index < -0.39 is 0 Å². The molecule has 0 amide bonds. The maximum absolute atomic E-state index is 10.1. The zero-order chi connectivity index (χ0) is 15.3. The monoisotopic (exact) mass is 288 g/mol. The molecule has 2 rings (SSSR count). The molecule has 0 bridgehead atoms. The van der Waals surface area contributed by atoms with E-state index in [0.717, 1.165) is 18.4 Å². The second kappa shape index (κ2) is 7.04. The lowest BCUT2D eigenvalue weighted by Crippen LogP contribution is -2.50. The molecule has 1 aliphatic heterocycles. The van der Waals surface area contributed by atoms with E-state index >= 15 is 0 Å². The molecule has 0 saturated carbocycles. The molecule has 1 aromatic carbocycles. The van der Waals surface area contributed by atoms with Crippen molar-refractivity contribution in [3.8, 4) is 6.07 Å². The van der Waals surface area contributed by atoms with Crippen molar-refractivity contribution in [1.29, 1.82) is 5.26 Å². The number of hydrogen-bond donors (Lipinski definition) is 2. The Hall–Kier alpha value is -1.41. The number of hydrogen-bond acceptors (Lipinski definition) is 4. The van der Waals surface area contributed by atoms with Gasteiger partial charge in [-0.3, -0.25) is 0 Å². The molecule has 21 heavy (non-hydrogen) atoms. The summed E-state index contributed by atoms with van der Waals surface area (Å²) in [5.41, 5.74) is 1.58. The van der Waals surface area contributed by atoms with Crippen molar-refractivity contribution >= 4 is 0 Å². The first kappa shape index (κ1) is 16.0. The normalized spacial score (nSPS) is 19.2. The predicted molar refractivity (Wildman–Crippen MR) is 81.7 cm³/mol. The smallest absolute Gasteiger partial charge is 0.0991 e. The maximum atomic E-state index is 10.1. The fourth-order valence-electron chi connectivity index (χ4n) is 2.71. The van der Waals surface area contributed by atoms with Crippen molar-refractivity contribution in [3.63, 3.8) is 0 Å². The van der Waals surface area contributed by atoms with Crippen LogP contribution in [0.5, 0.6) is 0 Å². The summed E-state index contributed by atoms with van der Waals surface area (Å²) in [5, 5.41) is 22.7. The fourth-order valence-corrected chi connectivity index (χ4v) is 2.71. The van der Waals surface area contributed by atoms with E-state index in [-0.39, 0.29) is 17.6 Å². The third-order valence-electron chi connectivity index (χ3n) is 4.31. The van der Waals surface area contributed by atoms with Crippen LogP contribution in [0.25, 0.3) is 0 Å². The van der Waals surface area contributed by atoms with Crippen molar-refractivity contribution in [3.05, 3.63) is 35.4 Å². The van der Waals surface area contributed by atoms with Gasteiger partial charge in [0.15, 0.2) is 0 Å². The number of nitriles is 1. The average molecular weight is 288 g/mol. The minimum atomic E-state index is -0.371. The van der Waals surface area contributed by atoms with Gasteiger partial charge < -0.3 is 15.2 Å². The molecule has 1 aliphatic rings. The van der Waals surface area contributed by atoms with Gasteiger partial charge >= 0.3 is 0 Å². The summed E-state index contributed by atoms with van der Waals surface area (Å²) < 4.78 is 5.49. The Kier molecular flexibility index (Phi) is 5.35. The van der Waals surface area contributed by atoms with E-state index in [2.05, 4.69) is 17.5 Å². The number of ether oxygens (including phenoxy) is 1. The topological polar surface area (TPSA) is 65.3 Å². The van der Waals surface area contributed by atoms with Crippen LogP contribution in [0.4, 0.5) is 0 Å². The Morgan fingerprint density at radius 2 is 2.10 bits per heavy atom. The Morgan fingerprint density at radius 3 is 2.71 bits per heavy atom. The first-order valence-electron chi connectivity index (χ1n) is 7.59. The zero-order valence-electron chi connectivity index (χ0n) is 12.8. The molecule has 0 aliphatic carbocycles. The Balaban J connectivity index is 2.22. The van der Waals surface area contributed by atoms with E-state index in [1.807, 2.05) is 32.0 Å². The van der Waals surface area contributed by atoms with Gasteiger partial charge in [-0.2, -0.15) is 5.26 Å². The van der Waals surface area contributed by atoms with Crippen molar-refractivity contribution < 1.29 is 9.84 Å². The first-order valence-corrected chi connectivity index (χ1v) is 7.59. The summed E-state index contributed by atoms with van der Waals surface area (Å²) in [7, 11) is 0. The second-order valence-corrected chi connectivity index (χ2v) is 6.08. The molecule has 1 atom stereocenters. The van der Waals surface area contributed by atoms with Crippen LogP contribution in [0.15, 0.2) is 24.3 Å². The van der Waals surface area contributed by atoms with Gasteiger partial charge in [0.25, 0.3) is 0 Å². The van der Waals surface area contributed by atoms with Crippen LogP contribution in [-0.2, 0) is 10.3 Å². The molecular formula is C17H24N2O2. The molecular weight excluding hydrogens is 264 g/mol. The van der Waals surface area contributed by atoms with Crippen molar-refractivity contribution in [2.45, 2.75) is 38.3 Å². The Bertz CT molecular complexity index is 502. The number of benzene rings is 1. The standard InChI is InChI=1S/C17H24N2O2/c1-13(2)16(20)12-19-17(6-8-21-9-7-17)15-5-3-4-14(10-15)11-18/h3-5,10,13,16,19-20H,6-9,12H2,1-2H3. The van der Waals surface area contributed by atoms with Crippen LogP contribution in [-0.4, -0.2) is 31.0 Å². The van der Waals surface area contributed by atoms with Crippen LogP contribution in [0.1, 0.15) is 37.8 Å². The highest BCUT2D eigenvalue weighted by atomic mass is 16.5. The summed E-state index contributed by atoms with van der Waals surface area (Å²) in [5.74, 6) is 0.222. The highest BCUT2D eigenvalue weighted by Crippen LogP contribution is 2.32. The molecule has 1 heterocycles. The summed E-state index contributed by atoms with van der Waals surface area (Å²) in [4.78, 5) is 0. The van der Waals surface area contributed by atoms with E-state index in [0.29, 0.717) is 25.3 Å². The lowest BCUT2D eigenvalue weighted by Gasteiger charge is -2.39. The quantitative estimate of drug-likeness (QED) is 0.871. The number of nitrogens with zero attached hydrogens (tertiary/aromatic N) is 1. The van der Waals surface area contributed by atoms with Gasteiger partial charge in [-0.05, 0) is 36.5 Å². The Labute approximate surface area is 126 Å². The van der Waals surface area contributed by atoms with Crippen LogP contribution < -0.4 is 5.32 Å². The minimum Gasteiger partial charge on any atom is -0.392 e. The van der Waals surface area contributed by atoms with Gasteiger partial charge in [0.2, 0.25) is 0 Å². The highest BCUT2D eigenvalue weighted by Gasteiger charge is 2.34. The number of aliphatic hydroxyl groups is 1. The largest absolute Gasteiger partial charge is 0.392 e. The lowest BCUT2D eigenvalue weighted by molar-refractivity contribution is 0.0262. The summed E-state index contributed by atoms with van der Waals surface area (Å²) in [6.07, 6.45) is 1.34. The molecule has 2 N–H and O–H groups in total. The van der Waals surface area contributed by atoms with E-state index in [9.17, 15) is 5.11 Å². The SMILES string of the molecule is CC(C)C(O)CNC1(c2cccc(C#N)c2)CCOCC1. The molecule has 1 unspecified atom stereocenters. The van der Waals surface area contributed by atoms with Crippen LogP contribution in [0.3, 0.4) is 0 Å². The van der Waals surface area contributed by atoms with Gasteiger partial charge in [0, 0.05) is 25.3 Å². The molecule has 1 aromatic rings. The van der Waals surface area contributed by atoms with Crippen molar-refractivity contribution in [2.24, 2.45) is 5.92 Å². The molecule has 0 aromatic heterocycles. The first-order chi connectivity index (χ1) is 10.1. The van der Waals surface area contributed by atoms with Gasteiger partial charge in [-0.15, -0.1) is 0 Å². The molecule has 0 radical (unpaired) electrons. The Morgan fingerprint density at radius 1 is 1.38 bits per heavy atom. The summed E-state index contributed by atoms with van der Waals surface area (Å²) in [6.45, 7) is 5.97. The van der Waals surface area contributed by atoms with Crippen LogP contribution in [0.2, 0.25) is 0 Å². The highest BCUT2D eigenvalue weighted by molar-refractivity contribution is 5.36. The van der Waals surface area contributed by atoms with Crippen LogP contribution in [0, 0.1) is 17.2 Å². The summed E-state index contributed by atoms with van der Waals surface area (Å²) >= 11 is 0. The lowest BCUT2D eigenvalue weighted by atomic mass is 9.81. The summed E-state index contributed by atoms with van der Waals surface area (Å²) in [6, 6.07) is 9.94. The minimum absolute atomic E-state index is 0.207. The van der Waals surface area contributed by atoms with Crippen LogP contribution >= 0.6 is 0 Å². The zero-order valence-corrected chi connectivity index (χ0v) is 12.8. The van der Waals surface area contributed by atoms with Gasteiger partial charge in [-0.25, -0.2) is 0 Å². The predicted octanol–water partition coefficient (Wildman–Crippen LogP) is 2.17.